The van der Waals surface area contributed by atoms with Crippen LogP contribution in [0.4, 0.5) is 11.4 Å². The summed E-state index contributed by atoms with van der Waals surface area (Å²) in [6.45, 7) is 0. The van der Waals surface area contributed by atoms with Gasteiger partial charge in [0.1, 0.15) is 11.5 Å². The molecule has 3 heterocycles. The van der Waals surface area contributed by atoms with Crippen molar-refractivity contribution >= 4 is 34.5 Å². The van der Waals surface area contributed by atoms with E-state index in [1.54, 1.807) is 41.0 Å². The fourth-order valence-electron chi connectivity index (χ4n) is 5.59. The number of aryl methyl sites for hydroxylation is 1. The minimum Gasteiger partial charge on any atom is -0.457 e. The van der Waals surface area contributed by atoms with E-state index in [9.17, 15) is 25.0 Å². The predicted molar refractivity (Wildman–Crippen MR) is 157 cm³/mol. The van der Waals surface area contributed by atoms with Crippen molar-refractivity contribution in [1.82, 2.24) is 4.57 Å². The first kappa shape index (κ1) is 25.5. The van der Waals surface area contributed by atoms with Crippen LogP contribution in [0.15, 0.2) is 105 Å². The molecule has 0 spiro atoms. The van der Waals surface area contributed by atoms with Gasteiger partial charge in [-0.25, -0.2) is 4.99 Å². The van der Waals surface area contributed by atoms with E-state index < -0.39 is 15.9 Å². The maximum atomic E-state index is 13.9. The van der Waals surface area contributed by atoms with Gasteiger partial charge in [0.05, 0.1) is 26.1 Å². The van der Waals surface area contributed by atoms with Gasteiger partial charge in [-0.1, -0.05) is 47.7 Å². The summed E-state index contributed by atoms with van der Waals surface area (Å²) in [6, 6.07) is 23.4. The number of nitro groups is 2. The van der Waals surface area contributed by atoms with Crippen molar-refractivity contribution < 1.29 is 14.3 Å². The Kier molecular flexibility index (Phi) is 6.02. The summed E-state index contributed by atoms with van der Waals surface area (Å²) in [7, 11) is 0. The number of fused-ring (bicyclic) bond motifs is 3. The average molecular weight is 577 g/mol. The molecule has 0 N–H and O–H groups in total. The van der Waals surface area contributed by atoms with E-state index in [2.05, 4.69) is 6.07 Å². The largest absolute Gasteiger partial charge is 0.457 e. The zero-order valence-electron chi connectivity index (χ0n) is 21.8. The third kappa shape index (κ3) is 4.27. The van der Waals surface area contributed by atoms with Crippen LogP contribution in [0.2, 0.25) is 0 Å². The van der Waals surface area contributed by atoms with Crippen molar-refractivity contribution in [3.8, 4) is 11.3 Å². The molecule has 1 aliphatic heterocycles. The number of allylic oxidation sites excluding steroid dienone is 1. The zero-order valence-corrected chi connectivity index (χ0v) is 22.6. The van der Waals surface area contributed by atoms with Gasteiger partial charge in [0.15, 0.2) is 4.80 Å². The second kappa shape index (κ2) is 9.89. The first-order valence-electron chi connectivity index (χ1n) is 13.1. The number of furan rings is 1. The van der Waals surface area contributed by atoms with Crippen LogP contribution in [0.1, 0.15) is 34.9 Å². The molecule has 0 unspecified atom stereocenters. The highest BCUT2D eigenvalue weighted by molar-refractivity contribution is 7.07. The van der Waals surface area contributed by atoms with Gasteiger partial charge >= 0.3 is 0 Å². The van der Waals surface area contributed by atoms with Crippen LogP contribution in [0.3, 0.4) is 0 Å². The lowest BCUT2D eigenvalue weighted by Gasteiger charge is -2.30. The summed E-state index contributed by atoms with van der Waals surface area (Å²) in [5.74, 6) is 0.945. The Morgan fingerprint density at radius 2 is 1.69 bits per heavy atom. The van der Waals surface area contributed by atoms with Crippen molar-refractivity contribution in [3.63, 3.8) is 0 Å². The van der Waals surface area contributed by atoms with Gasteiger partial charge in [0.25, 0.3) is 16.9 Å². The van der Waals surface area contributed by atoms with Crippen LogP contribution in [0.5, 0.6) is 0 Å². The summed E-state index contributed by atoms with van der Waals surface area (Å²) in [4.78, 5) is 41.1. The third-order valence-electron chi connectivity index (χ3n) is 7.53. The molecule has 0 amide bonds. The van der Waals surface area contributed by atoms with Crippen LogP contribution >= 0.6 is 11.3 Å². The zero-order chi connectivity index (χ0) is 29.0. The van der Waals surface area contributed by atoms with E-state index in [-0.39, 0.29) is 16.9 Å². The number of nitrogens with zero attached hydrogens (tertiary/aromatic N) is 4. The quantitative estimate of drug-likeness (QED) is 0.203. The van der Waals surface area contributed by atoms with Crippen molar-refractivity contribution in [3.05, 3.63) is 153 Å². The minimum atomic E-state index is -0.543. The van der Waals surface area contributed by atoms with E-state index in [1.807, 2.05) is 24.3 Å². The van der Waals surface area contributed by atoms with Crippen LogP contribution in [-0.4, -0.2) is 14.4 Å². The number of hydrogen-bond donors (Lipinski definition) is 0. The Labute approximate surface area is 241 Å². The summed E-state index contributed by atoms with van der Waals surface area (Å²) < 4.78 is 8.00. The van der Waals surface area contributed by atoms with E-state index in [1.165, 1.54) is 41.2 Å². The Balaban J connectivity index is 1.37. The lowest BCUT2D eigenvalue weighted by atomic mass is 9.83. The molecule has 1 atom stereocenters. The fraction of sp³-hybridized carbons (Fsp3) is 0.0968. The monoisotopic (exact) mass is 576 g/mol. The van der Waals surface area contributed by atoms with Crippen molar-refractivity contribution in [2.24, 2.45) is 4.99 Å². The lowest BCUT2D eigenvalue weighted by Crippen LogP contribution is -2.38. The van der Waals surface area contributed by atoms with Crippen LogP contribution < -0.4 is 14.9 Å². The third-order valence-corrected chi connectivity index (χ3v) is 8.52. The molecular formula is C31H20N4O6S. The van der Waals surface area contributed by atoms with Crippen LogP contribution in [0.25, 0.3) is 23.1 Å². The number of thiazole rings is 1. The summed E-state index contributed by atoms with van der Waals surface area (Å²) in [5.41, 5.74) is 4.92. The highest BCUT2D eigenvalue weighted by Gasteiger charge is 2.33. The number of hydrogen-bond acceptors (Lipinski definition) is 8. The molecule has 42 heavy (non-hydrogen) atoms. The van der Waals surface area contributed by atoms with E-state index >= 15 is 0 Å². The molecule has 0 radical (unpaired) electrons. The number of rotatable bonds is 5. The first-order chi connectivity index (χ1) is 20.4. The second-order valence-electron chi connectivity index (χ2n) is 9.97. The summed E-state index contributed by atoms with van der Waals surface area (Å²) in [6.07, 6.45) is 3.10. The molecule has 206 valence electrons. The summed E-state index contributed by atoms with van der Waals surface area (Å²) in [5, 5.41) is 22.6. The molecule has 1 aliphatic carbocycles. The Morgan fingerprint density at radius 1 is 0.905 bits per heavy atom. The number of non-ortho nitro benzene ring substituents is 2. The number of aromatic nitrogens is 1. The second-order valence-corrected chi connectivity index (χ2v) is 11.0. The number of benzene rings is 3. The molecule has 2 aliphatic rings. The summed E-state index contributed by atoms with van der Waals surface area (Å²) >= 11 is 1.23. The van der Waals surface area contributed by atoms with Gasteiger partial charge in [-0.05, 0) is 53.8 Å². The Hall–Kier alpha value is -5.42. The van der Waals surface area contributed by atoms with Crippen molar-refractivity contribution in [2.75, 3.05) is 0 Å². The normalized spacial score (nSPS) is 15.9. The standard InChI is InChI=1S/C31H20N4O6S/c36-30-27(17-23-13-15-26(41-23)19-8-11-21(12-9-19)34(37)38)42-31-32-28-24-7-2-1-4-18(24)10-14-25(28)29(33(30)31)20-5-3-6-22(16-20)35(39)40/h1-9,11-13,15-17,29H,10,14H2/b27-17+/t29-/m0/s1. The van der Waals surface area contributed by atoms with Crippen molar-refractivity contribution in [1.29, 1.82) is 0 Å². The average Bonchev–Trinajstić information content (AvgIpc) is 3.60. The fourth-order valence-corrected chi connectivity index (χ4v) is 6.57. The molecule has 0 saturated carbocycles. The molecule has 10 nitrogen and oxygen atoms in total. The molecule has 0 saturated heterocycles. The predicted octanol–water partition coefficient (Wildman–Crippen LogP) is 5.40. The maximum absolute atomic E-state index is 13.9. The SMILES string of the molecule is O=c1/c(=C\c2ccc(-c3ccc([N+](=O)[O-])cc3)o2)sc2n1[C@@H](c1cccc([N+](=O)[O-])c1)C1=C(N=2)c2ccccc2CC1. The van der Waals surface area contributed by atoms with Crippen LogP contribution in [0, 0.1) is 20.2 Å². The van der Waals surface area contributed by atoms with Crippen LogP contribution in [-0.2, 0) is 6.42 Å². The van der Waals surface area contributed by atoms with Crippen molar-refractivity contribution in [2.45, 2.75) is 18.9 Å². The molecular weight excluding hydrogens is 556 g/mol. The highest BCUT2D eigenvalue weighted by atomic mass is 32.1. The molecule has 3 aromatic carbocycles. The van der Waals surface area contributed by atoms with Gasteiger partial charge in [-0.2, -0.15) is 0 Å². The molecule has 0 fully saturated rings. The van der Waals surface area contributed by atoms with E-state index in [0.29, 0.717) is 38.4 Å². The van der Waals surface area contributed by atoms with E-state index in [0.717, 1.165) is 23.3 Å². The molecule has 2 aromatic heterocycles. The maximum Gasteiger partial charge on any atom is 0.271 e. The van der Waals surface area contributed by atoms with Gasteiger partial charge in [-0.15, -0.1) is 0 Å². The highest BCUT2D eigenvalue weighted by Crippen LogP contribution is 2.41. The molecule has 7 rings (SSSR count). The first-order valence-corrected chi connectivity index (χ1v) is 13.9. The molecule has 11 heteroatoms. The smallest absolute Gasteiger partial charge is 0.271 e. The molecule has 5 aromatic rings. The van der Waals surface area contributed by atoms with Gasteiger partial charge in [-0.3, -0.25) is 29.6 Å². The van der Waals surface area contributed by atoms with Gasteiger partial charge in [0, 0.05) is 41.5 Å². The lowest BCUT2D eigenvalue weighted by molar-refractivity contribution is -0.385. The topological polar surface area (TPSA) is 134 Å². The molecule has 0 bridgehead atoms. The minimum absolute atomic E-state index is 0.0183. The number of nitro benzene ring substituents is 2. The van der Waals surface area contributed by atoms with Gasteiger partial charge < -0.3 is 4.42 Å². The Bertz CT molecular complexity index is 2140. The Morgan fingerprint density at radius 3 is 2.48 bits per heavy atom. The van der Waals surface area contributed by atoms with E-state index in [4.69, 9.17) is 9.41 Å². The van der Waals surface area contributed by atoms with Gasteiger partial charge in [0.2, 0.25) is 0 Å².